The standard InChI is InChI=1S/C6H9NO/c8-4-7-6-1-5(2-6)3-6/h4-5H,1-3H2,(H,7,8). The minimum absolute atomic E-state index is 0.298. The molecule has 0 heterocycles. The third kappa shape index (κ3) is 0.320. The molecule has 3 fully saturated rings. The van der Waals surface area contributed by atoms with Crippen LogP contribution in [-0.2, 0) is 4.79 Å². The van der Waals surface area contributed by atoms with Crippen molar-refractivity contribution in [3.05, 3.63) is 0 Å². The van der Waals surface area contributed by atoms with Crippen molar-refractivity contribution in [3.63, 3.8) is 0 Å². The van der Waals surface area contributed by atoms with E-state index in [0.717, 1.165) is 12.3 Å². The summed E-state index contributed by atoms with van der Waals surface area (Å²) >= 11 is 0. The van der Waals surface area contributed by atoms with Gasteiger partial charge in [0, 0.05) is 5.54 Å². The number of hydrogen-bond donors (Lipinski definition) is 1. The van der Waals surface area contributed by atoms with Crippen LogP contribution in [0, 0.1) is 5.92 Å². The monoisotopic (exact) mass is 111 g/mol. The van der Waals surface area contributed by atoms with Crippen molar-refractivity contribution >= 4 is 6.41 Å². The van der Waals surface area contributed by atoms with E-state index in [4.69, 9.17) is 0 Å². The number of amides is 1. The molecule has 0 aromatic heterocycles. The van der Waals surface area contributed by atoms with Gasteiger partial charge in [0.05, 0.1) is 0 Å². The van der Waals surface area contributed by atoms with Gasteiger partial charge in [0.2, 0.25) is 6.41 Å². The van der Waals surface area contributed by atoms with E-state index < -0.39 is 0 Å². The van der Waals surface area contributed by atoms with Crippen LogP contribution >= 0.6 is 0 Å². The van der Waals surface area contributed by atoms with Crippen LogP contribution in [0.5, 0.6) is 0 Å². The van der Waals surface area contributed by atoms with E-state index in [9.17, 15) is 4.79 Å². The van der Waals surface area contributed by atoms with Crippen LogP contribution in [-0.4, -0.2) is 11.9 Å². The molecule has 1 N–H and O–H groups in total. The van der Waals surface area contributed by atoms with Gasteiger partial charge in [-0.25, -0.2) is 0 Å². The molecule has 0 unspecified atom stereocenters. The van der Waals surface area contributed by atoms with Crippen molar-refractivity contribution in [1.82, 2.24) is 5.32 Å². The average Bonchev–Trinajstić information content (AvgIpc) is 1.50. The summed E-state index contributed by atoms with van der Waals surface area (Å²) in [4.78, 5) is 9.93. The Morgan fingerprint density at radius 2 is 2.12 bits per heavy atom. The predicted molar refractivity (Wildman–Crippen MR) is 29.3 cm³/mol. The normalized spacial score (nSPS) is 48.8. The maximum atomic E-state index is 9.93. The number of carbonyl (C=O) groups is 1. The van der Waals surface area contributed by atoms with E-state index in [0.29, 0.717) is 5.54 Å². The Morgan fingerprint density at radius 1 is 1.50 bits per heavy atom. The molecular weight excluding hydrogens is 102 g/mol. The molecule has 0 aromatic carbocycles. The summed E-state index contributed by atoms with van der Waals surface area (Å²) in [5.41, 5.74) is 0.298. The second kappa shape index (κ2) is 1.07. The topological polar surface area (TPSA) is 29.1 Å². The van der Waals surface area contributed by atoms with Gasteiger partial charge >= 0.3 is 0 Å². The lowest BCUT2D eigenvalue weighted by Crippen LogP contribution is -2.66. The third-order valence-corrected chi connectivity index (χ3v) is 2.40. The van der Waals surface area contributed by atoms with E-state index in [-0.39, 0.29) is 0 Å². The van der Waals surface area contributed by atoms with Gasteiger partial charge in [-0.15, -0.1) is 0 Å². The minimum Gasteiger partial charge on any atom is -0.353 e. The van der Waals surface area contributed by atoms with E-state index in [1.54, 1.807) is 0 Å². The minimum atomic E-state index is 0.298. The molecule has 0 aliphatic heterocycles. The van der Waals surface area contributed by atoms with Crippen molar-refractivity contribution in [1.29, 1.82) is 0 Å². The van der Waals surface area contributed by atoms with Crippen LogP contribution in [0.25, 0.3) is 0 Å². The summed E-state index contributed by atoms with van der Waals surface area (Å²) in [5, 5.41) is 2.84. The first-order valence-corrected chi connectivity index (χ1v) is 3.06. The van der Waals surface area contributed by atoms with E-state index in [1.807, 2.05) is 0 Å². The molecule has 8 heavy (non-hydrogen) atoms. The summed E-state index contributed by atoms with van der Waals surface area (Å²) in [6.07, 6.45) is 4.55. The Kier molecular flexibility index (Phi) is 0.581. The Balaban J connectivity index is 1.95. The molecule has 0 radical (unpaired) electrons. The largest absolute Gasteiger partial charge is 0.353 e. The Labute approximate surface area is 48.3 Å². The Morgan fingerprint density at radius 3 is 2.25 bits per heavy atom. The fourth-order valence-corrected chi connectivity index (χ4v) is 1.78. The zero-order chi connectivity index (χ0) is 5.61. The fourth-order valence-electron chi connectivity index (χ4n) is 1.78. The lowest BCUT2D eigenvalue weighted by Gasteiger charge is -2.61. The molecule has 0 spiro atoms. The molecular formula is C6H9NO. The molecule has 2 heteroatoms. The van der Waals surface area contributed by atoms with Crippen LogP contribution in [0.2, 0.25) is 0 Å². The van der Waals surface area contributed by atoms with Gasteiger partial charge in [0.25, 0.3) is 0 Å². The van der Waals surface area contributed by atoms with Crippen LogP contribution in [0.15, 0.2) is 0 Å². The molecule has 0 atom stereocenters. The molecule has 3 rings (SSSR count). The van der Waals surface area contributed by atoms with Crippen molar-refractivity contribution in [2.24, 2.45) is 5.92 Å². The summed E-state index contributed by atoms with van der Waals surface area (Å²) < 4.78 is 0. The lowest BCUT2D eigenvalue weighted by atomic mass is 9.50. The second-order valence-electron chi connectivity index (χ2n) is 3.02. The SMILES string of the molecule is O=CNC12CC(C1)C2. The zero-order valence-corrected chi connectivity index (χ0v) is 4.68. The van der Waals surface area contributed by atoms with Crippen LogP contribution in [0.3, 0.4) is 0 Å². The zero-order valence-electron chi connectivity index (χ0n) is 4.68. The summed E-state index contributed by atoms with van der Waals surface area (Å²) in [7, 11) is 0. The molecule has 3 saturated carbocycles. The first kappa shape index (κ1) is 4.36. The van der Waals surface area contributed by atoms with Gasteiger partial charge in [-0.05, 0) is 25.2 Å². The Hall–Kier alpha value is -0.530. The summed E-state index contributed by atoms with van der Waals surface area (Å²) in [6.45, 7) is 0. The van der Waals surface area contributed by atoms with Gasteiger partial charge in [-0.3, -0.25) is 4.79 Å². The molecule has 0 aromatic rings. The number of rotatable bonds is 2. The number of carbonyl (C=O) groups excluding carboxylic acids is 1. The van der Waals surface area contributed by atoms with Gasteiger partial charge in [0.15, 0.2) is 0 Å². The number of nitrogens with one attached hydrogen (secondary N) is 1. The lowest BCUT2D eigenvalue weighted by molar-refractivity contribution is -0.120. The first-order valence-electron chi connectivity index (χ1n) is 3.06. The molecule has 3 aliphatic rings. The highest BCUT2D eigenvalue weighted by Gasteiger charge is 2.56. The molecule has 44 valence electrons. The Bertz CT molecular complexity index is 115. The average molecular weight is 111 g/mol. The van der Waals surface area contributed by atoms with E-state index in [2.05, 4.69) is 5.32 Å². The van der Waals surface area contributed by atoms with Crippen LogP contribution in [0.4, 0.5) is 0 Å². The second-order valence-corrected chi connectivity index (χ2v) is 3.02. The van der Waals surface area contributed by atoms with Crippen molar-refractivity contribution in [2.45, 2.75) is 24.8 Å². The molecule has 3 aliphatic carbocycles. The molecule has 1 amide bonds. The highest BCUT2D eigenvalue weighted by atomic mass is 16.1. The third-order valence-electron chi connectivity index (χ3n) is 2.40. The quantitative estimate of drug-likeness (QED) is 0.510. The summed E-state index contributed by atoms with van der Waals surface area (Å²) in [6, 6.07) is 0. The van der Waals surface area contributed by atoms with Gasteiger partial charge in [-0.2, -0.15) is 0 Å². The van der Waals surface area contributed by atoms with Crippen LogP contribution < -0.4 is 5.32 Å². The first-order chi connectivity index (χ1) is 3.85. The van der Waals surface area contributed by atoms with Gasteiger partial charge in [-0.1, -0.05) is 0 Å². The molecule has 0 saturated heterocycles. The van der Waals surface area contributed by atoms with E-state index >= 15 is 0 Å². The maximum Gasteiger partial charge on any atom is 0.207 e. The molecule has 2 nitrogen and oxygen atoms in total. The van der Waals surface area contributed by atoms with Crippen molar-refractivity contribution < 1.29 is 4.79 Å². The predicted octanol–water partition coefficient (Wildman–Crippen LogP) is 0.285. The highest BCUT2D eigenvalue weighted by molar-refractivity contribution is 5.50. The fraction of sp³-hybridized carbons (Fsp3) is 0.833. The van der Waals surface area contributed by atoms with Crippen molar-refractivity contribution in [2.75, 3.05) is 0 Å². The highest BCUT2D eigenvalue weighted by Crippen LogP contribution is 2.56. The van der Waals surface area contributed by atoms with Gasteiger partial charge < -0.3 is 5.32 Å². The molecule has 2 bridgehead atoms. The smallest absolute Gasteiger partial charge is 0.207 e. The maximum absolute atomic E-state index is 9.93. The van der Waals surface area contributed by atoms with E-state index in [1.165, 1.54) is 19.3 Å². The van der Waals surface area contributed by atoms with Crippen molar-refractivity contribution in [3.8, 4) is 0 Å². The number of hydrogen-bond acceptors (Lipinski definition) is 1. The summed E-state index contributed by atoms with van der Waals surface area (Å²) in [5.74, 6) is 0.961. The van der Waals surface area contributed by atoms with Crippen LogP contribution in [0.1, 0.15) is 19.3 Å². The van der Waals surface area contributed by atoms with Gasteiger partial charge in [0.1, 0.15) is 0 Å².